The summed E-state index contributed by atoms with van der Waals surface area (Å²) in [7, 11) is 0. The lowest BCUT2D eigenvalue weighted by Crippen LogP contribution is -2.37. The number of aromatic carboxylic acids is 1. The minimum absolute atomic E-state index is 0.267. The number of aryl methyl sites for hydroxylation is 1. The summed E-state index contributed by atoms with van der Waals surface area (Å²) in [6.07, 6.45) is 0. The van der Waals surface area contributed by atoms with Crippen molar-refractivity contribution in [1.29, 1.82) is 0 Å². The first kappa shape index (κ1) is 16.6. The Labute approximate surface area is 141 Å². The monoisotopic (exact) mass is 326 g/mol. The molecular weight excluding hydrogens is 304 g/mol. The first-order chi connectivity index (χ1) is 11.5. The maximum atomic E-state index is 11.2. The number of carboxylic acids is 1. The highest BCUT2D eigenvalue weighted by Gasteiger charge is 2.18. The third-order valence-electron chi connectivity index (χ3n) is 4.48. The fourth-order valence-corrected chi connectivity index (χ4v) is 3.05. The minimum atomic E-state index is -0.931. The Bertz CT molecular complexity index is 722. The average molecular weight is 326 g/mol. The lowest BCUT2D eigenvalue weighted by molar-refractivity contribution is 0.0198. The van der Waals surface area contributed by atoms with Crippen LogP contribution in [-0.4, -0.2) is 47.3 Å². The summed E-state index contributed by atoms with van der Waals surface area (Å²) in [5.41, 5.74) is 3.84. The number of aromatic nitrogens is 1. The zero-order valence-corrected chi connectivity index (χ0v) is 14.0. The molecule has 0 unspecified atom stereocenters. The molecule has 5 heteroatoms. The van der Waals surface area contributed by atoms with E-state index in [2.05, 4.69) is 28.9 Å². The zero-order valence-electron chi connectivity index (χ0n) is 14.0. The van der Waals surface area contributed by atoms with Crippen LogP contribution in [0.15, 0.2) is 36.4 Å². The molecule has 5 nitrogen and oxygen atoms in total. The molecule has 1 N–H and O–H groups in total. The molecule has 3 rings (SSSR count). The molecule has 1 atom stereocenters. The van der Waals surface area contributed by atoms with E-state index in [0.717, 1.165) is 31.9 Å². The third-order valence-corrected chi connectivity index (χ3v) is 4.48. The molecule has 1 aromatic carbocycles. The summed E-state index contributed by atoms with van der Waals surface area (Å²) in [6, 6.07) is 11.8. The summed E-state index contributed by atoms with van der Waals surface area (Å²) < 4.78 is 5.41. The number of ether oxygens (including phenoxy) is 1. The Morgan fingerprint density at radius 3 is 2.50 bits per heavy atom. The van der Waals surface area contributed by atoms with Crippen LogP contribution in [0.1, 0.15) is 34.6 Å². The Morgan fingerprint density at radius 1 is 1.21 bits per heavy atom. The molecule has 1 aliphatic heterocycles. The molecule has 0 radical (unpaired) electrons. The van der Waals surface area contributed by atoms with Crippen molar-refractivity contribution in [3.8, 4) is 11.3 Å². The van der Waals surface area contributed by atoms with E-state index >= 15 is 0 Å². The van der Waals surface area contributed by atoms with Crippen molar-refractivity contribution < 1.29 is 14.6 Å². The molecule has 24 heavy (non-hydrogen) atoms. The molecule has 2 aromatic rings. The van der Waals surface area contributed by atoms with Crippen molar-refractivity contribution in [2.75, 3.05) is 26.3 Å². The second-order valence-electron chi connectivity index (χ2n) is 6.13. The molecule has 1 saturated heterocycles. The normalized spacial score (nSPS) is 16.8. The van der Waals surface area contributed by atoms with Gasteiger partial charge in [0.25, 0.3) is 0 Å². The van der Waals surface area contributed by atoms with Crippen LogP contribution in [-0.2, 0) is 4.74 Å². The highest BCUT2D eigenvalue weighted by atomic mass is 16.5. The lowest BCUT2D eigenvalue weighted by Gasteiger charge is -2.32. The Kier molecular flexibility index (Phi) is 4.92. The second-order valence-corrected chi connectivity index (χ2v) is 6.13. The summed E-state index contributed by atoms with van der Waals surface area (Å²) in [5.74, 6) is -0.931. The quantitative estimate of drug-likeness (QED) is 0.935. The Balaban J connectivity index is 1.83. The largest absolute Gasteiger partial charge is 0.478 e. The van der Waals surface area contributed by atoms with Gasteiger partial charge in [0.1, 0.15) is 0 Å². The number of carboxylic acid groups (broad SMARTS) is 1. The lowest BCUT2D eigenvalue weighted by atomic mass is 10.0. The highest BCUT2D eigenvalue weighted by Crippen LogP contribution is 2.25. The molecule has 1 aromatic heterocycles. The zero-order chi connectivity index (χ0) is 17.1. The van der Waals surface area contributed by atoms with Gasteiger partial charge in [-0.05, 0) is 31.5 Å². The first-order valence-electron chi connectivity index (χ1n) is 8.19. The smallest absolute Gasteiger partial charge is 0.335 e. The standard InChI is InChI=1S/C19H22N2O3/c1-13-11-17(19(22)23)12-18(20-13)16-5-3-15(4-6-16)14(2)21-7-9-24-10-8-21/h3-6,11-12,14H,7-10H2,1-2H3,(H,22,23)/t14-/m0/s1. The van der Waals surface area contributed by atoms with Crippen LogP contribution in [0, 0.1) is 6.92 Å². The van der Waals surface area contributed by atoms with Crippen LogP contribution in [0.5, 0.6) is 0 Å². The molecule has 126 valence electrons. The summed E-state index contributed by atoms with van der Waals surface area (Å²) in [4.78, 5) is 18.1. The predicted octanol–water partition coefficient (Wildman–Crippen LogP) is 3.15. The number of hydrogen-bond donors (Lipinski definition) is 1. The van der Waals surface area contributed by atoms with Crippen molar-refractivity contribution in [2.24, 2.45) is 0 Å². The van der Waals surface area contributed by atoms with E-state index in [1.54, 1.807) is 12.1 Å². The number of nitrogens with zero attached hydrogens (tertiary/aromatic N) is 2. The third kappa shape index (κ3) is 3.63. The van der Waals surface area contributed by atoms with Gasteiger partial charge in [0, 0.05) is 30.4 Å². The van der Waals surface area contributed by atoms with Crippen molar-refractivity contribution in [1.82, 2.24) is 9.88 Å². The molecule has 1 fully saturated rings. The van der Waals surface area contributed by atoms with Crippen LogP contribution >= 0.6 is 0 Å². The number of morpholine rings is 1. The minimum Gasteiger partial charge on any atom is -0.478 e. The number of hydrogen-bond acceptors (Lipinski definition) is 4. The molecular formula is C19H22N2O3. The fourth-order valence-electron chi connectivity index (χ4n) is 3.05. The van der Waals surface area contributed by atoms with Gasteiger partial charge >= 0.3 is 5.97 Å². The molecule has 0 amide bonds. The molecule has 0 saturated carbocycles. The van der Waals surface area contributed by atoms with Gasteiger partial charge in [0.2, 0.25) is 0 Å². The number of pyridine rings is 1. The molecule has 0 spiro atoms. The number of benzene rings is 1. The summed E-state index contributed by atoms with van der Waals surface area (Å²) in [5, 5.41) is 9.20. The molecule has 0 aliphatic carbocycles. The number of carbonyl (C=O) groups is 1. The molecule has 2 heterocycles. The van der Waals surface area contributed by atoms with Crippen LogP contribution in [0.3, 0.4) is 0 Å². The topological polar surface area (TPSA) is 62.7 Å². The van der Waals surface area contributed by atoms with Gasteiger partial charge in [-0.3, -0.25) is 9.88 Å². The van der Waals surface area contributed by atoms with Crippen molar-refractivity contribution >= 4 is 5.97 Å². The predicted molar refractivity (Wildman–Crippen MR) is 92.2 cm³/mol. The van der Waals surface area contributed by atoms with Crippen LogP contribution in [0.2, 0.25) is 0 Å². The van der Waals surface area contributed by atoms with E-state index in [9.17, 15) is 9.90 Å². The van der Waals surface area contributed by atoms with E-state index in [-0.39, 0.29) is 5.56 Å². The van der Waals surface area contributed by atoms with Crippen molar-refractivity contribution in [2.45, 2.75) is 19.9 Å². The average Bonchev–Trinajstić information content (AvgIpc) is 2.61. The van der Waals surface area contributed by atoms with Gasteiger partial charge in [-0.15, -0.1) is 0 Å². The van der Waals surface area contributed by atoms with Gasteiger partial charge in [-0.25, -0.2) is 4.79 Å². The maximum absolute atomic E-state index is 11.2. The van der Waals surface area contributed by atoms with Gasteiger partial charge < -0.3 is 9.84 Å². The molecule has 0 bridgehead atoms. The Hall–Kier alpha value is -2.24. The van der Waals surface area contributed by atoms with Crippen molar-refractivity contribution in [3.63, 3.8) is 0 Å². The number of rotatable bonds is 4. The van der Waals surface area contributed by atoms with Crippen LogP contribution in [0.4, 0.5) is 0 Å². The Morgan fingerprint density at radius 2 is 1.88 bits per heavy atom. The van der Waals surface area contributed by atoms with E-state index < -0.39 is 5.97 Å². The summed E-state index contributed by atoms with van der Waals surface area (Å²) in [6.45, 7) is 7.48. The first-order valence-corrected chi connectivity index (χ1v) is 8.19. The van der Waals surface area contributed by atoms with Gasteiger partial charge in [0.15, 0.2) is 0 Å². The SMILES string of the molecule is Cc1cc(C(=O)O)cc(-c2ccc([C@H](C)N3CCOCC3)cc2)n1. The summed E-state index contributed by atoms with van der Waals surface area (Å²) >= 11 is 0. The van der Waals surface area contributed by atoms with Crippen molar-refractivity contribution in [3.05, 3.63) is 53.2 Å². The fraction of sp³-hybridized carbons (Fsp3) is 0.368. The van der Waals surface area contributed by atoms with Crippen LogP contribution in [0.25, 0.3) is 11.3 Å². The highest BCUT2D eigenvalue weighted by molar-refractivity contribution is 5.89. The van der Waals surface area contributed by atoms with E-state index in [0.29, 0.717) is 17.4 Å². The van der Waals surface area contributed by atoms with Crippen LogP contribution < -0.4 is 0 Å². The maximum Gasteiger partial charge on any atom is 0.335 e. The van der Waals surface area contributed by atoms with E-state index in [1.807, 2.05) is 19.1 Å². The van der Waals surface area contributed by atoms with Gasteiger partial charge in [-0.2, -0.15) is 0 Å². The van der Waals surface area contributed by atoms with Gasteiger partial charge in [-0.1, -0.05) is 24.3 Å². The van der Waals surface area contributed by atoms with E-state index in [4.69, 9.17) is 4.74 Å². The van der Waals surface area contributed by atoms with Gasteiger partial charge in [0.05, 0.1) is 24.5 Å². The van der Waals surface area contributed by atoms with E-state index in [1.165, 1.54) is 5.56 Å². The molecule has 1 aliphatic rings. The second kappa shape index (κ2) is 7.11.